The number of carbonyl (C=O) groups is 1. The van der Waals surface area contributed by atoms with Crippen molar-refractivity contribution in [2.24, 2.45) is 16.8 Å². The Balaban J connectivity index is 2.86. The largest absolute Gasteiger partial charge is 0.409 e. The van der Waals surface area contributed by atoms with Crippen LogP contribution in [0.25, 0.3) is 0 Å². The average molecular weight is 279 g/mol. The molecule has 110 valence electrons. The van der Waals surface area contributed by atoms with Gasteiger partial charge < -0.3 is 20.9 Å². The Kier molecular flexibility index (Phi) is 6.52. The molecule has 1 aromatic rings. The fourth-order valence-corrected chi connectivity index (χ4v) is 1.99. The van der Waals surface area contributed by atoms with Crippen LogP contribution in [-0.4, -0.2) is 40.1 Å². The van der Waals surface area contributed by atoms with E-state index in [4.69, 9.17) is 16.0 Å². The molecule has 4 N–H and O–H groups in total. The zero-order valence-corrected chi connectivity index (χ0v) is 11.6. The second-order valence-electron chi connectivity index (χ2n) is 4.45. The molecule has 0 bridgehead atoms. The van der Waals surface area contributed by atoms with Crippen LogP contribution in [0.3, 0.4) is 0 Å². The van der Waals surface area contributed by atoms with Crippen LogP contribution < -0.4 is 5.73 Å². The van der Waals surface area contributed by atoms with Crippen LogP contribution >= 0.6 is 0 Å². The molecule has 1 rings (SSSR count). The van der Waals surface area contributed by atoms with Crippen LogP contribution in [0.1, 0.15) is 18.9 Å². The summed E-state index contributed by atoms with van der Waals surface area (Å²) in [5.41, 5.74) is 6.51. The lowest BCUT2D eigenvalue weighted by Gasteiger charge is -2.26. The van der Waals surface area contributed by atoms with Crippen molar-refractivity contribution in [2.75, 3.05) is 13.2 Å². The number of benzene rings is 1. The Morgan fingerprint density at radius 2 is 2.05 bits per heavy atom. The summed E-state index contributed by atoms with van der Waals surface area (Å²) in [6, 6.07) is 9.48. The number of amides is 1. The first-order valence-corrected chi connectivity index (χ1v) is 6.55. The second-order valence-corrected chi connectivity index (χ2v) is 4.45. The minimum atomic E-state index is -0.671. The molecule has 0 spiro atoms. The number of oxime groups is 1. The van der Waals surface area contributed by atoms with E-state index in [0.29, 0.717) is 13.0 Å². The summed E-state index contributed by atoms with van der Waals surface area (Å²) in [6.07, 6.45) is 0.436. The van der Waals surface area contributed by atoms with E-state index in [0.717, 1.165) is 5.56 Å². The molecule has 0 heterocycles. The Morgan fingerprint density at radius 1 is 1.40 bits per heavy atom. The molecule has 0 radical (unpaired) electrons. The van der Waals surface area contributed by atoms with Crippen LogP contribution in [0, 0.1) is 5.92 Å². The quantitative estimate of drug-likeness (QED) is 0.297. The first kappa shape index (κ1) is 16.0. The molecule has 1 amide bonds. The van der Waals surface area contributed by atoms with Gasteiger partial charge in [-0.3, -0.25) is 4.79 Å². The number of carbonyl (C=O) groups excluding carboxylic acids is 1. The number of hydrogen-bond acceptors (Lipinski definition) is 4. The fraction of sp³-hybridized carbons (Fsp3) is 0.429. The molecular weight excluding hydrogens is 258 g/mol. The Labute approximate surface area is 118 Å². The molecule has 1 aromatic carbocycles. The van der Waals surface area contributed by atoms with E-state index < -0.39 is 5.92 Å². The molecule has 1 atom stereocenters. The Morgan fingerprint density at radius 3 is 2.55 bits per heavy atom. The van der Waals surface area contributed by atoms with Gasteiger partial charge in [0.05, 0.1) is 12.5 Å². The lowest BCUT2D eigenvalue weighted by Crippen LogP contribution is -2.42. The van der Waals surface area contributed by atoms with Crippen molar-refractivity contribution in [2.45, 2.75) is 19.9 Å². The van der Waals surface area contributed by atoms with Gasteiger partial charge in [-0.1, -0.05) is 42.4 Å². The van der Waals surface area contributed by atoms with E-state index in [2.05, 4.69) is 5.16 Å². The van der Waals surface area contributed by atoms with Crippen LogP contribution in [0.2, 0.25) is 0 Å². The van der Waals surface area contributed by atoms with Gasteiger partial charge in [-0.15, -0.1) is 0 Å². The number of aliphatic hydroxyl groups is 1. The summed E-state index contributed by atoms with van der Waals surface area (Å²) in [5, 5.41) is 20.8. The third kappa shape index (κ3) is 4.24. The van der Waals surface area contributed by atoms with Crippen molar-refractivity contribution in [3.05, 3.63) is 35.9 Å². The van der Waals surface area contributed by atoms with E-state index in [-0.39, 0.29) is 24.9 Å². The van der Waals surface area contributed by atoms with Crippen molar-refractivity contribution in [1.29, 1.82) is 0 Å². The summed E-state index contributed by atoms with van der Waals surface area (Å²) in [7, 11) is 0. The summed E-state index contributed by atoms with van der Waals surface area (Å²) >= 11 is 0. The average Bonchev–Trinajstić information content (AvgIpc) is 2.48. The first-order valence-electron chi connectivity index (χ1n) is 6.55. The molecule has 20 heavy (non-hydrogen) atoms. The van der Waals surface area contributed by atoms with E-state index in [9.17, 15) is 4.79 Å². The predicted molar refractivity (Wildman–Crippen MR) is 76.1 cm³/mol. The second kappa shape index (κ2) is 8.16. The molecule has 6 heteroatoms. The van der Waals surface area contributed by atoms with E-state index in [1.807, 2.05) is 30.3 Å². The Bertz CT molecular complexity index is 448. The molecule has 1 unspecified atom stereocenters. The predicted octanol–water partition coefficient (Wildman–Crippen LogP) is 0.780. The van der Waals surface area contributed by atoms with Crippen LogP contribution in [-0.2, 0) is 11.3 Å². The van der Waals surface area contributed by atoms with Gasteiger partial charge in [0, 0.05) is 13.1 Å². The fourth-order valence-electron chi connectivity index (χ4n) is 1.99. The van der Waals surface area contributed by atoms with Crippen molar-refractivity contribution >= 4 is 11.7 Å². The number of nitrogens with two attached hydrogens (primary N) is 1. The van der Waals surface area contributed by atoms with Gasteiger partial charge in [0.25, 0.3) is 0 Å². The third-order valence-electron chi connectivity index (χ3n) is 3.08. The minimum absolute atomic E-state index is 0.103. The van der Waals surface area contributed by atoms with Gasteiger partial charge >= 0.3 is 0 Å². The van der Waals surface area contributed by atoms with Crippen molar-refractivity contribution in [3.8, 4) is 0 Å². The van der Waals surface area contributed by atoms with Crippen LogP contribution in [0.15, 0.2) is 35.5 Å². The summed E-state index contributed by atoms with van der Waals surface area (Å²) in [6.45, 7) is 2.25. The molecular formula is C14H21N3O3. The zero-order chi connectivity index (χ0) is 15.0. The monoisotopic (exact) mass is 279 g/mol. The van der Waals surface area contributed by atoms with E-state index in [1.54, 1.807) is 6.92 Å². The van der Waals surface area contributed by atoms with Crippen molar-refractivity contribution < 1.29 is 15.1 Å². The maximum absolute atomic E-state index is 12.4. The Hall–Kier alpha value is -2.08. The highest BCUT2D eigenvalue weighted by Crippen LogP contribution is 2.12. The number of amidine groups is 1. The van der Waals surface area contributed by atoms with Gasteiger partial charge in [-0.05, 0) is 12.0 Å². The number of aliphatic hydroxyl groups excluding tert-OH is 1. The topological polar surface area (TPSA) is 99.2 Å². The molecule has 0 fully saturated rings. The number of nitrogens with zero attached hydrogens (tertiary/aromatic N) is 2. The van der Waals surface area contributed by atoms with Crippen molar-refractivity contribution in [3.63, 3.8) is 0 Å². The van der Waals surface area contributed by atoms with Gasteiger partial charge in [0.1, 0.15) is 0 Å². The molecule has 6 nitrogen and oxygen atoms in total. The summed E-state index contributed by atoms with van der Waals surface area (Å²) in [5.74, 6) is -1.02. The molecule has 0 aliphatic rings. The first-order chi connectivity index (χ1) is 9.63. The summed E-state index contributed by atoms with van der Waals surface area (Å²) < 4.78 is 0. The zero-order valence-electron chi connectivity index (χ0n) is 11.6. The minimum Gasteiger partial charge on any atom is -0.409 e. The molecule has 0 aliphatic heterocycles. The highest BCUT2D eigenvalue weighted by atomic mass is 16.4. The molecule has 0 saturated heterocycles. The van der Waals surface area contributed by atoms with Crippen molar-refractivity contribution in [1.82, 2.24) is 4.90 Å². The normalized spacial score (nSPS) is 13.0. The maximum Gasteiger partial charge on any atom is 0.233 e. The highest BCUT2D eigenvalue weighted by Gasteiger charge is 2.26. The van der Waals surface area contributed by atoms with E-state index >= 15 is 0 Å². The molecule has 0 aromatic heterocycles. The van der Waals surface area contributed by atoms with Crippen LogP contribution in [0.4, 0.5) is 0 Å². The smallest absolute Gasteiger partial charge is 0.233 e. The molecule has 0 saturated carbocycles. The maximum atomic E-state index is 12.4. The van der Waals surface area contributed by atoms with E-state index in [1.165, 1.54) is 4.90 Å². The lowest BCUT2D eigenvalue weighted by atomic mass is 10.0. The van der Waals surface area contributed by atoms with Gasteiger partial charge in [0.2, 0.25) is 5.91 Å². The molecule has 0 aliphatic carbocycles. The number of rotatable bonds is 7. The third-order valence-corrected chi connectivity index (χ3v) is 3.08. The van der Waals surface area contributed by atoms with Gasteiger partial charge in [0.15, 0.2) is 5.84 Å². The van der Waals surface area contributed by atoms with Gasteiger partial charge in [-0.2, -0.15) is 0 Å². The SMILES string of the molecule is CCC(C(=O)N(CCO)Cc1ccccc1)C(N)=NO. The summed E-state index contributed by atoms with van der Waals surface area (Å²) in [4.78, 5) is 13.9. The highest BCUT2D eigenvalue weighted by molar-refractivity contribution is 6.02. The lowest BCUT2D eigenvalue weighted by molar-refractivity contribution is -0.134. The number of hydrogen-bond donors (Lipinski definition) is 3. The standard InChI is InChI=1S/C14H21N3O3/c1-2-12(13(15)16-20)14(19)17(8-9-18)10-11-6-4-3-5-7-11/h3-7,12,18,20H,2,8-10H2,1H3,(H2,15,16). The van der Waals surface area contributed by atoms with Gasteiger partial charge in [-0.25, -0.2) is 0 Å². The van der Waals surface area contributed by atoms with Crippen LogP contribution in [0.5, 0.6) is 0 Å².